The number of hydrogen-bond donors (Lipinski definition) is 1. The number of fused-ring (bicyclic) bond motifs is 1. The predicted octanol–water partition coefficient (Wildman–Crippen LogP) is 2.80. The van der Waals surface area contributed by atoms with Crippen LogP contribution in [0.15, 0.2) is 42.7 Å². The average molecular weight is 313 g/mol. The third-order valence-corrected chi connectivity index (χ3v) is 3.45. The van der Waals surface area contributed by atoms with Crippen LogP contribution in [0.2, 0.25) is 0 Å². The molecular weight excluding hydrogens is 298 g/mol. The Labute approximate surface area is 131 Å². The van der Waals surface area contributed by atoms with E-state index in [2.05, 4.69) is 4.98 Å². The lowest BCUT2D eigenvalue weighted by atomic mass is 10.1. The summed E-state index contributed by atoms with van der Waals surface area (Å²) in [5.41, 5.74) is 2.63. The SMILES string of the molecule is CCOc1ccc(-c2cn3cc(CO)ccc3n2)cc1[N+](=O)[O-]. The van der Waals surface area contributed by atoms with Crippen LogP contribution in [-0.2, 0) is 6.61 Å². The van der Waals surface area contributed by atoms with E-state index >= 15 is 0 Å². The molecule has 0 radical (unpaired) electrons. The van der Waals surface area contributed by atoms with Crippen LogP contribution in [0.25, 0.3) is 16.9 Å². The van der Waals surface area contributed by atoms with Gasteiger partial charge in [-0.15, -0.1) is 0 Å². The number of benzene rings is 1. The summed E-state index contributed by atoms with van der Waals surface area (Å²) >= 11 is 0. The highest BCUT2D eigenvalue weighted by atomic mass is 16.6. The second-order valence-corrected chi connectivity index (χ2v) is 4.96. The Morgan fingerprint density at radius 1 is 1.30 bits per heavy atom. The van der Waals surface area contributed by atoms with Gasteiger partial charge in [0, 0.05) is 24.0 Å². The van der Waals surface area contributed by atoms with E-state index in [1.807, 2.05) is 0 Å². The highest BCUT2D eigenvalue weighted by Gasteiger charge is 2.17. The molecule has 1 N–H and O–H groups in total. The molecule has 0 fully saturated rings. The smallest absolute Gasteiger partial charge is 0.311 e. The summed E-state index contributed by atoms with van der Waals surface area (Å²) in [6.07, 6.45) is 3.54. The summed E-state index contributed by atoms with van der Waals surface area (Å²) in [6, 6.07) is 8.36. The van der Waals surface area contributed by atoms with E-state index in [4.69, 9.17) is 4.74 Å². The van der Waals surface area contributed by atoms with Crippen molar-refractivity contribution < 1.29 is 14.8 Å². The van der Waals surface area contributed by atoms with Crippen LogP contribution in [0.4, 0.5) is 5.69 Å². The number of aliphatic hydroxyl groups is 1. The summed E-state index contributed by atoms with van der Waals surface area (Å²) < 4.78 is 7.06. The maximum atomic E-state index is 11.2. The molecule has 0 aliphatic heterocycles. The Morgan fingerprint density at radius 2 is 2.13 bits per heavy atom. The van der Waals surface area contributed by atoms with Gasteiger partial charge in [0.1, 0.15) is 5.65 Å². The second-order valence-electron chi connectivity index (χ2n) is 4.96. The number of hydrogen-bond acceptors (Lipinski definition) is 5. The fraction of sp³-hybridized carbons (Fsp3) is 0.188. The zero-order chi connectivity index (χ0) is 16.4. The van der Waals surface area contributed by atoms with E-state index in [1.54, 1.807) is 48.0 Å². The van der Waals surface area contributed by atoms with Crippen molar-refractivity contribution in [1.82, 2.24) is 9.38 Å². The van der Waals surface area contributed by atoms with Gasteiger partial charge in [0.15, 0.2) is 5.75 Å². The van der Waals surface area contributed by atoms with Gasteiger partial charge in [-0.25, -0.2) is 4.98 Å². The van der Waals surface area contributed by atoms with Gasteiger partial charge in [-0.05, 0) is 30.7 Å². The maximum Gasteiger partial charge on any atom is 0.311 e. The topological polar surface area (TPSA) is 89.9 Å². The second kappa shape index (κ2) is 6.05. The lowest BCUT2D eigenvalue weighted by Crippen LogP contribution is -1.97. The quantitative estimate of drug-likeness (QED) is 0.578. The molecule has 0 amide bonds. The Balaban J connectivity index is 2.07. The molecule has 118 valence electrons. The summed E-state index contributed by atoms with van der Waals surface area (Å²) in [5.74, 6) is 0.243. The molecule has 0 bridgehead atoms. The third-order valence-electron chi connectivity index (χ3n) is 3.45. The van der Waals surface area contributed by atoms with Crippen LogP contribution < -0.4 is 4.74 Å². The van der Waals surface area contributed by atoms with E-state index in [-0.39, 0.29) is 18.0 Å². The molecule has 7 heteroatoms. The van der Waals surface area contributed by atoms with E-state index < -0.39 is 4.92 Å². The number of rotatable bonds is 5. The van der Waals surface area contributed by atoms with Crippen molar-refractivity contribution in [2.75, 3.05) is 6.61 Å². The Morgan fingerprint density at radius 3 is 2.83 bits per heavy atom. The average Bonchev–Trinajstić information content (AvgIpc) is 2.98. The first-order chi connectivity index (χ1) is 11.1. The molecule has 0 aliphatic carbocycles. The zero-order valence-corrected chi connectivity index (χ0v) is 12.5. The molecule has 3 rings (SSSR count). The van der Waals surface area contributed by atoms with Crippen molar-refractivity contribution in [3.63, 3.8) is 0 Å². The van der Waals surface area contributed by atoms with E-state index in [1.165, 1.54) is 6.07 Å². The summed E-state index contributed by atoms with van der Waals surface area (Å²) in [6.45, 7) is 2.08. The maximum absolute atomic E-state index is 11.2. The number of ether oxygens (including phenoxy) is 1. The number of nitro groups is 1. The number of pyridine rings is 1. The highest BCUT2D eigenvalue weighted by Crippen LogP contribution is 2.32. The van der Waals surface area contributed by atoms with E-state index in [9.17, 15) is 15.2 Å². The molecule has 3 aromatic rings. The molecule has 0 saturated heterocycles. The van der Waals surface area contributed by atoms with Crippen molar-refractivity contribution in [3.05, 3.63) is 58.4 Å². The van der Waals surface area contributed by atoms with Gasteiger partial charge in [0.25, 0.3) is 0 Å². The summed E-state index contributed by atoms with van der Waals surface area (Å²) in [4.78, 5) is 15.2. The number of imidazole rings is 1. The van der Waals surface area contributed by atoms with Crippen molar-refractivity contribution in [2.45, 2.75) is 13.5 Å². The normalized spacial score (nSPS) is 10.9. The predicted molar refractivity (Wildman–Crippen MR) is 84.4 cm³/mol. The molecule has 0 spiro atoms. The molecule has 0 unspecified atom stereocenters. The zero-order valence-electron chi connectivity index (χ0n) is 12.5. The van der Waals surface area contributed by atoms with Gasteiger partial charge in [-0.1, -0.05) is 6.07 Å². The number of aromatic nitrogens is 2. The van der Waals surface area contributed by atoms with Crippen LogP contribution in [0, 0.1) is 10.1 Å². The number of aliphatic hydroxyl groups excluding tert-OH is 1. The highest BCUT2D eigenvalue weighted by molar-refractivity contribution is 5.68. The van der Waals surface area contributed by atoms with Crippen molar-refractivity contribution in [2.24, 2.45) is 0 Å². The first-order valence-corrected chi connectivity index (χ1v) is 7.12. The first kappa shape index (κ1) is 15.0. The Kier molecular flexibility index (Phi) is 3.94. The summed E-state index contributed by atoms with van der Waals surface area (Å²) in [7, 11) is 0. The minimum atomic E-state index is -0.464. The van der Waals surface area contributed by atoms with Gasteiger partial charge in [0.2, 0.25) is 0 Å². The lowest BCUT2D eigenvalue weighted by molar-refractivity contribution is -0.385. The standard InChI is InChI=1S/C16H15N3O4/c1-2-23-15-5-4-12(7-14(15)19(21)22)13-9-18-8-11(10-20)3-6-16(18)17-13/h3-9,20H,2,10H2,1H3. The number of nitro benzene ring substituents is 1. The lowest BCUT2D eigenvalue weighted by Gasteiger charge is -2.05. The monoisotopic (exact) mass is 313 g/mol. The molecule has 0 saturated carbocycles. The molecule has 0 atom stereocenters. The Bertz CT molecular complexity index is 873. The van der Waals surface area contributed by atoms with Crippen molar-refractivity contribution in [3.8, 4) is 17.0 Å². The molecule has 2 aromatic heterocycles. The molecule has 2 heterocycles. The van der Waals surface area contributed by atoms with Gasteiger partial charge in [-0.3, -0.25) is 10.1 Å². The largest absolute Gasteiger partial charge is 0.487 e. The van der Waals surface area contributed by atoms with Crippen molar-refractivity contribution >= 4 is 11.3 Å². The summed E-state index contributed by atoms with van der Waals surface area (Å²) in [5, 5.41) is 20.4. The Hall–Kier alpha value is -2.93. The number of nitrogens with zero attached hydrogens (tertiary/aromatic N) is 3. The fourth-order valence-corrected chi connectivity index (χ4v) is 2.37. The van der Waals surface area contributed by atoms with Crippen LogP contribution in [0.5, 0.6) is 5.75 Å². The van der Waals surface area contributed by atoms with E-state index in [0.29, 0.717) is 23.5 Å². The molecule has 1 aromatic carbocycles. The van der Waals surface area contributed by atoms with Crippen molar-refractivity contribution in [1.29, 1.82) is 0 Å². The molecule has 7 nitrogen and oxygen atoms in total. The third kappa shape index (κ3) is 2.86. The van der Waals surface area contributed by atoms with Crippen LogP contribution in [-0.4, -0.2) is 26.0 Å². The fourth-order valence-electron chi connectivity index (χ4n) is 2.37. The van der Waals surface area contributed by atoms with E-state index in [0.717, 1.165) is 5.56 Å². The van der Waals surface area contributed by atoms with Crippen LogP contribution in [0.3, 0.4) is 0 Å². The van der Waals surface area contributed by atoms with Gasteiger partial charge >= 0.3 is 5.69 Å². The van der Waals surface area contributed by atoms with Gasteiger partial charge < -0.3 is 14.2 Å². The molecule has 0 aliphatic rings. The van der Waals surface area contributed by atoms with Gasteiger partial charge in [0.05, 0.1) is 23.8 Å². The minimum absolute atomic E-state index is 0.0576. The molecular formula is C16H15N3O4. The first-order valence-electron chi connectivity index (χ1n) is 7.12. The van der Waals surface area contributed by atoms with Gasteiger partial charge in [-0.2, -0.15) is 0 Å². The molecule has 23 heavy (non-hydrogen) atoms. The van der Waals surface area contributed by atoms with Crippen LogP contribution >= 0.6 is 0 Å². The van der Waals surface area contributed by atoms with Crippen LogP contribution in [0.1, 0.15) is 12.5 Å². The minimum Gasteiger partial charge on any atom is -0.487 e.